The van der Waals surface area contributed by atoms with Crippen molar-refractivity contribution in [3.8, 4) is 0 Å². The van der Waals surface area contributed by atoms with Gasteiger partial charge in [0.15, 0.2) is 0 Å². The second-order valence-corrected chi connectivity index (χ2v) is 5.38. The molecule has 1 aliphatic carbocycles. The number of nitrogen functional groups attached to an aromatic ring is 1. The van der Waals surface area contributed by atoms with Crippen molar-refractivity contribution in [2.45, 2.75) is 32.7 Å². The van der Waals surface area contributed by atoms with E-state index in [4.69, 9.17) is 17.3 Å². The Balaban J connectivity index is 1.96. The number of nitrogens with zero attached hydrogens (tertiary/aromatic N) is 1. The Morgan fingerprint density at radius 3 is 2.71 bits per heavy atom. The van der Waals surface area contributed by atoms with Crippen LogP contribution in [0.5, 0.6) is 0 Å². The molecule has 0 saturated heterocycles. The predicted octanol–water partition coefficient (Wildman–Crippen LogP) is 3.54. The minimum absolute atomic E-state index is 0.737. The second-order valence-electron chi connectivity index (χ2n) is 4.98. The topological polar surface area (TPSA) is 29.3 Å². The van der Waals surface area contributed by atoms with E-state index >= 15 is 0 Å². The summed E-state index contributed by atoms with van der Waals surface area (Å²) in [6.45, 7) is 5.43. The molecule has 2 nitrogen and oxygen atoms in total. The number of benzene rings is 1. The van der Waals surface area contributed by atoms with Gasteiger partial charge in [-0.2, -0.15) is 0 Å². The minimum Gasteiger partial charge on any atom is -0.399 e. The highest BCUT2D eigenvalue weighted by Gasteiger charge is 2.20. The Morgan fingerprint density at radius 2 is 2.18 bits per heavy atom. The van der Waals surface area contributed by atoms with Gasteiger partial charge in [0.25, 0.3) is 0 Å². The van der Waals surface area contributed by atoms with Crippen LogP contribution in [-0.4, -0.2) is 18.0 Å². The number of anilines is 1. The Hall–Kier alpha value is -0.730. The van der Waals surface area contributed by atoms with Gasteiger partial charge < -0.3 is 5.73 Å². The highest BCUT2D eigenvalue weighted by Crippen LogP contribution is 2.28. The lowest BCUT2D eigenvalue weighted by atomic mass is 9.85. The van der Waals surface area contributed by atoms with Crippen LogP contribution >= 0.6 is 11.6 Å². The van der Waals surface area contributed by atoms with Crippen molar-refractivity contribution in [1.82, 2.24) is 4.90 Å². The van der Waals surface area contributed by atoms with Crippen molar-refractivity contribution in [3.63, 3.8) is 0 Å². The normalized spacial score (nSPS) is 16.2. The first-order chi connectivity index (χ1) is 8.19. The summed E-state index contributed by atoms with van der Waals surface area (Å²) in [6.07, 6.45) is 4.20. The maximum absolute atomic E-state index is 6.21. The fourth-order valence-electron chi connectivity index (χ4n) is 2.28. The molecule has 3 heteroatoms. The smallest absolute Gasteiger partial charge is 0.0471 e. The van der Waals surface area contributed by atoms with Crippen LogP contribution in [0.4, 0.5) is 5.69 Å². The van der Waals surface area contributed by atoms with Gasteiger partial charge in [-0.1, -0.05) is 31.0 Å². The molecule has 0 spiro atoms. The van der Waals surface area contributed by atoms with Crippen LogP contribution in [0.25, 0.3) is 0 Å². The molecule has 1 fully saturated rings. The van der Waals surface area contributed by atoms with Crippen molar-refractivity contribution in [2.75, 3.05) is 18.8 Å². The summed E-state index contributed by atoms with van der Waals surface area (Å²) in [6, 6.07) is 5.81. The standard InChI is InChI=1S/C14H21ClN2/c1-2-17(9-11-4-3-5-11)10-12-6-7-13(16)8-14(12)15/h6-8,11H,2-5,9-10,16H2,1H3. The van der Waals surface area contributed by atoms with E-state index < -0.39 is 0 Å². The highest BCUT2D eigenvalue weighted by atomic mass is 35.5. The van der Waals surface area contributed by atoms with E-state index in [1.54, 1.807) is 0 Å². The third kappa shape index (κ3) is 3.36. The Labute approximate surface area is 109 Å². The third-order valence-electron chi connectivity index (χ3n) is 3.66. The van der Waals surface area contributed by atoms with Gasteiger partial charge >= 0.3 is 0 Å². The first kappa shape index (κ1) is 12.7. The number of halogens is 1. The number of hydrogen-bond donors (Lipinski definition) is 1. The Bertz CT molecular complexity index is 374. The van der Waals surface area contributed by atoms with Crippen molar-refractivity contribution >= 4 is 17.3 Å². The van der Waals surface area contributed by atoms with Crippen molar-refractivity contribution < 1.29 is 0 Å². The van der Waals surface area contributed by atoms with Crippen LogP contribution in [0.1, 0.15) is 31.7 Å². The molecule has 0 aromatic heterocycles. The van der Waals surface area contributed by atoms with Crippen LogP contribution in [0.2, 0.25) is 5.02 Å². The van der Waals surface area contributed by atoms with Gasteiger partial charge in [-0.15, -0.1) is 0 Å². The Kier molecular flexibility index (Phi) is 4.30. The summed E-state index contributed by atoms with van der Waals surface area (Å²) in [4.78, 5) is 2.47. The lowest BCUT2D eigenvalue weighted by Gasteiger charge is -2.32. The van der Waals surface area contributed by atoms with Gasteiger partial charge in [-0.3, -0.25) is 4.90 Å². The van der Waals surface area contributed by atoms with Crippen LogP contribution in [0.15, 0.2) is 18.2 Å². The number of rotatable bonds is 5. The van der Waals surface area contributed by atoms with E-state index in [2.05, 4.69) is 11.8 Å². The largest absolute Gasteiger partial charge is 0.399 e. The first-order valence-electron chi connectivity index (χ1n) is 6.45. The van der Waals surface area contributed by atoms with E-state index in [-0.39, 0.29) is 0 Å². The molecule has 1 saturated carbocycles. The molecule has 0 amide bonds. The van der Waals surface area contributed by atoms with Gasteiger partial charge in [0.2, 0.25) is 0 Å². The molecule has 1 aromatic carbocycles. The average molecular weight is 253 g/mol. The maximum atomic E-state index is 6.21. The van der Waals surface area contributed by atoms with Crippen molar-refractivity contribution in [1.29, 1.82) is 0 Å². The van der Waals surface area contributed by atoms with Gasteiger partial charge in [0.1, 0.15) is 0 Å². The van der Waals surface area contributed by atoms with Gasteiger partial charge in [0, 0.05) is 23.8 Å². The van der Waals surface area contributed by atoms with Crippen LogP contribution in [0, 0.1) is 5.92 Å². The van der Waals surface area contributed by atoms with Gasteiger partial charge in [0.05, 0.1) is 0 Å². The maximum Gasteiger partial charge on any atom is 0.0471 e. The first-order valence-corrected chi connectivity index (χ1v) is 6.83. The van der Waals surface area contributed by atoms with E-state index in [9.17, 15) is 0 Å². The summed E-state index contributed by atoms with van der Waals surface area (Å²) in [5.74, 6) is 0.905. The molecule has 0 radical (unpaired) electrons. The highest BCUT2D eigenvalue weighted by molar-refractivity contribution is 6.31. The minimum atomic E-state index is 0.737. The van der Waals surface area contributed by atoms with Crippen LogP contribution < -0.4 is 5.73 Å². The zero-order chi connectivity index (χ0) is 12.3. The van der Waals surface area contributed by atoms with Crippen molar-refractivity contribution in [3.05, 3.63) is 28.8 Å². The van der Waals surface area contributed by atoms with Gasteiger partial charge in [-0.25, -0.2) is 0 Å². The van der Waals surface area contributed by atoms with Crippen LogP contribution in [-0.2, 0) is 6.54 Å². The molecule has 1 aliphatic rings. The molecule has 2 N–H and O–H groups in total. The summed E-state index contributed by atoms with van der Waals surface area (Å²) >= 11 is 6.21. The van der Waals surface area contributed by atoms with E-state index in [1.807, 2.05) is 18.2 Å². The molecule has 94 valence electrons. The number of nitrogens with two attached hydrogens (primary N) is 1. The van der Waals surface area contributed by atoms with E-state index in [0.29, 0.717) is 0 Å². The number of hydrogen-bond acceptors (Lipinski definition) is 2. The van der Waals surface area contributed by atoms with E-state index in [0.717, 1.165) is 29.7 Å². The molecular weight excluding hydrogens is 232 g/mol. The SMILES string of the molecule is CCN(Cc1ccc(N)cc1Cl)CC1CCC1. The summed E-state index contributed by atoms with van der Waals surface area (Å²) in [7, 11) is 0. The van der Waals surface area contributed by atoms with Crippen molar-refractivity contribution in [2.24, 2.45) is 5.92 Å². The molecule has 17 heavy (non-hydrogen) atoms. The summed E-state index contributed by atoms with van der Waals surface area (Å²) in [5.41, 5.74) is 7.62. The molecular formula is C14H21ClN2. The monoisotopic (exact) mass is 252 g/mol. The molecule has 2 rings (SSSR count). The lowest BCUT2D eigenvalue weighted by molar-refractivity contribution is 0.178. The van der Waals surface area contributed by atoms with E-state index in [1.165, 1.54) is 31.4 Å². The molecule has 1 aromatic rings. The summed E-state index contributed by atoms with van der Waals surface area (Å²) in [5, 5.41) is 0.789. The Morgan fingerprint density at radius 1 is 1.41 bits per heavy atom. The molecule has 0 atom stereocenters. The second kappa shape index (κ2) is 5.74. The zero-order valence-corrected chi connectivity index (χ0v) is 11.2. The fraction of sp³-hybridized carbons (Fsp3) is 0.571. The van der Waals surface area contributed by atoms with Gasteiger partial charge in [-0.05, 0) is 43.0 Å². The quantitative estimate of drug-likeness (QED) is 0.813. The summed E-state index contributed by atoms with van der Waals surface area (Å²) < 4.78 is 0. The predicted molar refractivity (Wildman–Crippen MR) is 74.2 cm³/mol. The molecule has 0 aliphatic heterocycles. The van der Waals surface area contributed by atoms with Crippen LogP contribution in [0.3, 0.4) is 0 Å². The third-order valence-corrected chi connectivity index (χ3v) is 4.01. The molecule has 0 unspecified atom stereocenters. The average Bonchev–Trinajstić information content (AvgIpc) is 2.24. The zero-order valence-electron chi connectivity index (χ0n) is 10.5. The molecule has 0 bridgehead atoms. The molecule has 0 heterocycles. The lowest BCUT2D eigenvalue weighted by Crippen LogP contribution is -2.32. The fourth-order valence-corrected chi connectivity index (χ4v) is 2.53.